The summed E-state index contributed by atoms with van der Waals surface area (Å²) in [5.74, 6) is 6.90. The van der Waals surface area contributed by atoms with Crippen LogP contribution in [0.3, 0.4) is 0 Å². The number of fused-ring (bicyclic) bond motifs is 1. The van der Waals surface area contributed by atoms with Crippen LogP contribution in [0.2, 0.25) is 0 Å². The molecular formula is C56H101NO4. The van der Waals surface area contributed by atoms with Crippen LogP contribution in [-0.4, -0.2) is 37.7 Å². The zero-order chi connectivity index (χ0) is 43.3. The third kappa shape index (κ3) is 21.9. The van der Waals surface area contributed by atoms with E-state index in [0.29, 0.717) is 12.8 Å². The number of unbranched alkanes of at least 4 members (excludes halogenated alkanes) is 19. The summed E-state index contributed by atoms with van der Waals surface area (Å²) in [5, 5.41) is 3.12. The molecule has 0 spiro atoms. The molecular weight excluding hydrogens is 751 g/mol. The molecule has 0 radical (unpaired) electrons. The van der Waals surface area contributed by atoms with Gasteiger partial charge in [-0.1, -0.05) is 181 Å². The van der Waals surface area contributed by atoms with E-state index in [4.69, 9.17) is 9.47 Å². The maximum absolute atomic E-state index is 13.6. The van der Waals surface area contributed by atoms with Gasteiger partial charge in [0.05, 0.1) is 0 Å². The first-order valence-corrected chi connectivity index (χ1v) is 27.7. The molecule has 0 heterocycles. The SMILES string of the molecule is CC/C=C\CC1C(OC(=O)CCCNC)CC[C@H]1CC(=O)OC(CCCCCCCCC1C2[C@@H]1[C@H]2CCCCCCC)CCCCCCCC[C@H]1C[C@H]1CCCCCCCC. The number of carbonyl (C=O) groups excluding carboxylic acids is 2. The predicted octanol–water partition coefficient (Wildman–Crippen LogP) is 16.1. The molecule has 1 N–H and O–H groups in total. The second-order valence-electron chi connectivity index (χ2n) is 21.1. The van der Waals surface area contributed by atoms with Crippen LogP contribution in [-0.2, 0) is 19.1 Å². The molecule has 4 saturated carbocycles. The molecule has 0 amide bonds. The molecule has 4 aliphatic rings. The van der Waals surface area contributed by atoms with E-state index in [9.17, 15) is 9.59 Å². The Hall–Kier alpha value is -1.36. The Morgan fingerprint density at radius 3 is 1.59 bits per heavy atom. The molecule has 10 atom stereocenters. The third-order valence-electron chi connectivity index (χ3n) is 16.0. The van der Waals surface area contributed by atoms with Gasteiger partial charge in [-0.15, -0.1) is 0 Å². The van der Waals surface area contributed by atoms with Crippen molar-refractivity contribution in [3.8, 4) is 0 Å². The molecule has 0 aromatic rings. The number of allylic oxidation sites excluding steroid dienone is 2. The van der Waals surface area contributed by atoms with Gasteiger partial charge in [-0.2, -0.15) is 0 Å². The van der Waals surface area contributed by atoms with Gasteiger partial charge in [-0.3, -0.25) is 9.59 Å². The van der Waals surface area contributed by atoms with Gasteiger partial charge in [0.2, 0.25) is 0 Å². The molecule has 0 aliphatic heterocycles. The monoisotopic (exact) mass is 852 g/mol. The maximum Gasteiger partial charge on any atom is 0.306 e. The molecule has 4 aliphatic carbocycles. The lowest BCUT2D eigenvalue weighted by Crippen LogP contribution is -2.27. The van der Waals surface area contributed by atoms with Gasteiger partial charge in [-0.25, -0.2) is 0 Å². The molecule has 61 heavy (non-hydrogen) atoms. The first-order valence-electron chi connectivity index (χ1n) is 27.7. The first kappa shape index (κ1) is 52.3. The van der Waals surface area contributed by atoms with Gasteiger partial charge in [-0.05, 0) is 132 Å². The number of hydrogen-bond donors (Lipinski definition) is 1. The quantitative estimate of drug-likeness (QED) is 0.0376. The smallest absolute Gasteiger partial charge is 0.306 e. The van der Waals surface area contributed by atoms with Gasteiger partial charge in [0, 0.05) is 18.8 Å². The Labute approximate surface area is 378 Å². The Kier molecular flexibility index (Phi) is 27.7. The van der Waals surface area contributed by atoms with Crippen molar-refractivity contribution in [2.45, 2.75) is 271 Å². The Balaban J connectivity index is 1.10. The highest BCUT2D eigenvalue weighted by molar-refractivity contribution is 5.70. The number of carbonyl (C=O) groups is 2. The van der Waals surface area contributed by atoms with Gasteiger partial charge in [0.15, 0.2) is 0 Å². The van der Waals surface area contributed by atoms with Gasteiger partial charge < -0.3 is 14.8 Å². The van der Waals surface area contributed by atoms with Crippen LogP contribution in [0.25, 0.3) is 0 Å². The average Bonchev–Trinajstić information content (AvgIpc) is 4.21. The van der Waals surface area contributed by atoms with Crippen LogP contribution in [0.1, 0.15) is 258 Å². The van der Waals surface area contributed by atoms with Crippen molar-refractivity contribution in [3.63, 3.8) is 0 Å². The second kappa shape index (κ2) is 32.3. The van der Waals surface area contributed by atoms with Crippen LogP contribution in [0.15, 0.2) is 12.2 Å². The first-order chi connectivity index (χ1) is 30.0. The summed E-state index contributed by atoms with van der Waals surface area (Å²) in [6, 6.07) is 0. The van der Waals surface area contributed by atoms with E-state index in [-0.39, 0.29) is 36.0 Å². The standard InChI is InChI=1S/C56H101NO4/c1-5-8-11-13-19-25-32-45-43-46(45)33-26-20-14-15-21-27-34-48(35-28-22-16-17-23-30-38-51-55-50(56(51)55)37-29-18-12-9-6-2)60-54(59)44-47-40-41-52(49(47)36-24-10-7-3)61-53(58)39-31-42-57-4/h10,24,45-52,55-57H,5-9,11-23,25-44H2,1-4H3/b24-10-/t45-,46+,47+,48?,49?,50-,51?,52?,55-,56?/m1/s1. The zero-order valence-corrected chi connectivity index (χ0v) is 40.9. The predicted molar refractivity (Wildman–Crippen MR) is 259 cm³/mol. The highest BCUT2D eigenvalue weighted by atomic mass is 16.5. The van der Waals surface area contributed by atoms with Crippen molar-refractivity contribution in [3.05, 3.63) is 12.2 Å². The molecule has 4 rings (SSSR count). The highest BCUT2D eigenvalue weighted by Crippen LogP contribution is 2.76. The lowest BCUT2D eigenvalue weighted by Gasteiger charge is -2.25. The van der Waals surface area contributed by atoms with Gasteiger partial charge in [0.25, 0.3) is 0 Å². The molecule has 5 nitrogen and oxygen atoms in total. The average molecular weight is 852 g/mol. The molecule has 5 heteroatoms. The minimum Gasteiger partial charge on any atom is -0.462 e. The van der Waals surface area contributed by atoms with Crippen molar-refractivity contribution in [2.24, 2.45) is 47.3 Å². The van der Waals surface area contributed by atoms with E-state index in [1.807, 2.05) is 7.05 Å². The fraction of sp³-hybridized carbons (Fsp3) is 0.929. The summed E-state index contributed by atoms with van der Waals surface area (Å²) in [6.07, 6.45) is 50.9. The summed E-state index contributed by atoms with van der Waals surface area (Å²) in [6.45, 7) is 7.59. The summed E-state index contributed by atoms with van der Waals surface area (Å²) in [5.41, 5.74) is 0. The van der Waals surface area contributed by atoms with E-state index >= 15 is 0 Å². The molecule has 354 valence electrons. The molecule has 0 aromatic carbocycles. The largest absolute Gasteiger partial charge is 0.462 e. The van der Waals surface area contributed by atoms with Gasteiger partial charge >= 0.3 is 11.9 Å². The Morgan fingerprint density at radius 2 is 1.07 bits per heavy atom. The fourth-order valence-corrected chi connectivity index (χ4v) is 11.9. The van der Waals surface area contributed by atoms with Crippen molar-refractivity contribution < 1.29 is 19.1 Å². The van der Waals surface area contributed by atoms with Crippen LogP contribution >= 0.6 is 0 Å². The van der Waals surface area contributed by atoms with E-state index in [0.717, 1.165) is 87.0 Å². The Bertz CT molecular complexity index is 1120. The minimum absolute atomic E-state index is 0.0211. The second-order valence-corrected chi connectivity index (χ2v) is 21.1. The van der Waals surface area contributed by atoms with Crippen LogP contribution in [0.5, 0.6) is 0 Å². The Morgan fingerprint density at radius 1 is 0.557 bits per heavy atom. The maximum atomic E-state index is 13.6. The number of ether oxygens (including phenoxy) is 2. The summed E-state index contributed by atoms with van der Waals surface area (Å²) in [4.78, 5) is 26.3. The molecule has 0 saturated heterocycles. The van der Waals surface area contributed by atoms with Gasteiger partial charge in [0.1, 0.15) is 12.2 Å². The molecule has 0 aromatic heterocycles. The van der Waals surface area contributed by atoms with Crippen LogP contribution in [0.4, 0.5) is 0 Å². The number of hydrogen-bond acceptors (Lipinski definition) is 5. The topological polar surface area (TPSA) is 64.6 Å². The molecule has 4 fully saturated rings. The number of esters is 2. The van der Waals surface area contributed by atoms with E-state index in [1.54, 1.807) is 0 Å². The lowest BCUT2D eigenvalue weighted by molar-refractivity contribution is -0.152. The van der Waals surface area contributed by atoms with Crippen molar-refractivity contribution in [1.82, 2.24) is 5.32 Å². The van der Waals surface area contributed by atoms with E-state index in [1.165, 1.54) is 180 Å². The normalized spacial score (nSPS) is 26.7. The number of rotatable bonds is 42. The molecule has 0 bridgehead atoms. The van der Waals surface area contributed by atoms with E-state index < -0.39 is 0 Å². The highest BCUT2D eigenvalue weighted by Gasteiger charge is 2.71. The third-order valence-corrected chi connectivity index (χ3v) is 16.0. The van der Waals surface area contributed by atoms with Crippen molar-refractivity contribution in [2.75, 3.05) is 13.6 Å². The van der Waals surface area contributed by atoms with Crippen molar-refractivity contribution >= 4 is 11.9 Å². The van der Waals surface area contributed by atoms with E-state index in [2.05, 4.69) is 38.2 Å². The summed E-state index contributed by atoms with van der Waals surface area (Å²) >= 11 is 0. The molecule has 5 unspecified atom stereocenters. The van der Waals surface area contributed by atoms with Crippen LogP contribution < -0.4 is 5.32 Å². The van der Waals surface area contributed by atoms with Crippen molar-refractivity contribution in [1.29, 1.82) is 0 Å². The van der Waals surface area contributed by atoms with Crippen LogP contribution in [0, 0.1) is 47.3 Å². The number of nitrogens with one attached hydrogen (secondary N) is 1. The zero-order valence-electron chi connectivity index (χ0n) is 40.9. The fourth-order valence-electron chi connectivity index (χ4n) is 11.9. The summed E-state index contributed by atoms with van der Waals surface area (Å²) in [7, 11) is 1.91. The minimum atomic E-state index is -0.0975. The lowest BCUT2D eigenvalue weighted by atomic mass is 9.88. The summed E-state index contributed by atoms with van der Waals surface area (Å²) < 4.78 is 12.4.